The zero-order valence-electron chi connectivity index (χ0n) is 21.0. The SMILES string of the molecule is CCOC(=O)c1ccc(NC(=O)c2ccc(CN3CCN(S(=O)(=O)c4ccc(C)cc4)CC3)cc2)cc1. The van der Waals surface area contributed by atoms with E-state index in [1.54, 1.807) is 59.8 Å². The number of amides is 1. The van der Waals surface area contributed by atoms with E-state index in [1.807, 2.05) is 31.2 Å². The van der Waals surface area contributed by atoms with Gasteiger partial charge < -0.3 is 10.1 Å². The minimum absolute atomic E-state index is 0.245. The predicted octanol–water partition coefficient (Wildman–Crippen LogP) is 3.93. The van der Waals surface area contributed by atoms with E-state index in [0.29, 0.717) is 61.0 Å². The molecule has 0 unspecified atom stereocenters. The molecule has 1 fully saturated rings. The zero-order valence-corrected chi connectivity index (χ0v) is 21.8. The van der Waals surface area contributed by atoms with Gasteiger partial charge in [0.05, 0.1) is 17.1 Å². The van der Waals surface area contributed by atoms with Crippen molar-refractivity contribution in [1.29, 1.82) is 0 Å². The maximum atomic E-state index is 12.9. The van der Waals surface area contributed by atoms with Crippen molar-refractivity contribution in [1.82, 2.24) is 9.21 Å². The Balaban J connectivity index is 1.28. The van der Waals surface area contributed by atoms with E-state index < -0.39 is 16.0 Å². The molecule has 0 radical (unpaired) electrons. The second-order valence-corrected chi connectivity index (χ2v) is 10.9. The molecule has 3 aromatic rings. The summed E-state index contributed by atoms with van der Waals surface area (Å²) < 4.78 is 32.3. The van der Waals surface area contributed by atoms with Crippen molar-refractivity contribution in [3.8, 4) is 0 Å². The first kappa shape index (κ1) is 26.5. The smallest absolute Gasteiger partial charge is 0.338 e. The van der Waals surface area contributed by atoms with Crippen LogP contribution in [0.25, 0.3) is 0 Å². The van der Waals surface area contributed by atoms with Crippen molar-refractivity contribution in [3.05, 3.63) is 95.1 Å². The lowest BCUT2D eigenvalue weighted by molar-refractivity contribution is 0.0526. The molecule has 1 aliphatic heterocycles. The minimum Gasteiger partial charge on any atom is -0.462 e. The average molecular weight is 522 g/mol. The summed E-state index contributed by atoms with van der Waals surface area (Å²) in [6.45, 7) is 6.80. The Kier molecular flexibility index (Phi) is 8.38. The molecule has 0 atom stereocenters. The highest BCUT2D eigenvalue weighted by Crippen LogP contribution is 2.19. The molecule has 1 heterocycles. The van der Waals surface area contributed by atoms with Crippen molar-refractivity contribution in [2.75, 3.05) is 38.1 Å². The highest BCUT2D eigenvalue weighted by Gasteiger charge is 2.28. The van der Waals surface area contributed by atoms with E-state index in [1.165, 1.54) is 0 Å². The lowest BCUT2D eigenvalue weighted by atomic mass is 10.1. The summed E-state index contributed by atoms with van der Waals surface area (Å²) in [6.07, 6.45) is 0. The number of hydrogen-bond acceptors (Lipinski definition) is 6. The Morgan fingerprint density at radius 2 is 1.43 bits per heavy atom. The second-order valence-electron chi connectivity index (χ2n) is 8.94. The van der Waals surface area contributed by atoms with Crippen LogP contribution in [0.1, 0.15) is 38.8 Å². The van der Waals surface area contributed by atoms with Crippen LogP contribution in [0.4, 0.5) is 5.69 Å². The highest BCUT2D eigenvalue weighted by atomic mass is 32.2. The molecule has 0 saturated carbocycles. The van der Waals surface area contributed by atoms with Gasteiger partial charge in [-0.15, -0.1) is 0 Å². The molecule has 0 spiro atoms. The van der Waals surface area contributed by atoms with Crippen LogP contribution < -0.4 is 5.32 Å². The van der Waals surface area contributed by atoms with Crippen LogP contribution in [0, 0.1) is 6.92 Å². The van der Waals surface area contributed by atoms with Crippen LogP contribution in [0.3, 0.4) is 0 Å². The number of nitrogens with one attached hydrogen (secondary N) is 1. The molecule has 0 aliphatic carbocycles. The zero-order chi connectivity index (χ0) is 26.4. The van der Waals surface area contributed by atoms with Gasteiger partial charge in [-0.05, 0) is 67.9 Å². The van der Waals surface area contributed by atoms with Gasteiger partial charge >= 0.3 is 5.97 Å². The topological polar surface area (TPSA) is 96.0 Å². The van der Waals surface area contributed by atoms with Crippen molar-refractivity contribution in [2.45, 2.75) is 25.3 Å². The fourth-order valence-electron chi connectivity index (χ4n) is 4.11. The predicted molar refractivity (Wildman–Crippen MR) is 142 cm³/mol. The molecule has 0 aromatic heterocycles. The third kappa shape index (κ3) is 6.62. The molecule has 1 amide bonds. The van der Waals surface area contributed by atoms with Crippen molar-refractivity contribution < 1.29 is 22.7 Å². The molecular formula is C28H31N3O5S. The summed E-state index contributed by atoms with van der Waals surface area (Å²) in [6, 6.07) is 20.9. The summed E-state index contributed by atoms with van der Waals surface area (Å²) in [5.41, 5.74) is 3.60. The van der Waals surface area contributed by atoms with Gasteiger partial charge in [0.2, 0.25) is 10.0 Å². The van der Waals surface area contributed by atoms with Gasteiger partial charge in [-0.2, -0.15) is 4.31 Å². The van der Waals surface area contributed by atoms with Gasteiger partial charge in [0.15, 0.2) is 0 Å². The number of sulfonamides is 1. The van der Waals surface area contributed by atoms with E-state index in [0.717, 1.165) is 11.1 Å². The maximum absolute atomic E-state index is 12.9. The lowest BCUT2D eigenvalue weighted by Crippen LogP contribution is -2.48. The fraction of sp³-hybridized carbons (Fsp3) is 0.286. The quantitative estimate of drug-likeness (QED) is 0.452. The van der Waals surface area contributed by atoms with Gasteiger partial charge in [-0.1, -0.05) is 29.8 Å². The van der Waals surface area contributed by atoms with Gasteiger partial charge in [0, 0.05) is 44.0 Å². The number of nitrogens with zero attached hydrogens (tertiary/aromatic N) is 2. The molecule has 0 bridgehead atoms. The summed E-state index contributed by atoms with van der Waals surface area (Å²) in [5, 5.41) is 2.83. The first-order chi connectivity index (χ1) is 17.8. The Labute approximate surface area is 217 Å². The molecule has 1 N–H and O–H groups in total. The Morgan fingerprint density at radius 3 is 2.03 bits per heavy atom. The average Bonchev–Trinajstić information content (AvgIpc) is 2.90. The third-order valence-corrected chi connectivity index (χ3v) is 8.18. The largest absolute Gasteiger partial charge is 0.462 e. The van der Waals surface area contributed by atoms with Gasteiger partial charge in [0.25, 0.3) is 5.91 Å². The van der Waals surface area contributed by atoms with Crippen molar-refractivity contribution in [3.63, 3.8) is 0 Å². The lowest BCUT2D eigenvalue weighted by Gasteiger charge is -2.34. The van der Waals surface area contributed by atoms with Gasteiger partial charge in [0.1, 0.15) is 0 Å². The normalized spacial score (nSPS) is 14.8. The monoisotopic (exact) mass is 521 g/mol. The molecule has 4 rings (SSSR count). The highest BCUT2D eigenvalue weighted by molar-refractivity contribution is 7.89. The molecule has 3 aromatic carbocycles. The summed E-state index contributed by atoms with van der Waals surface area (Å²) in [5.74, 6) is -0.643. The molecule has 9 heteroatoms. The van der Waals surface area contributed by atoms with E-state index in [-0.39, 0.29) is 5.91 Å². The molecule has 37 heavy (non-hydrogen) atoms. The van der Waals surface area contributed by atoms with Crippen LogP contribution in [-0.4, -0.2) is 62.3 Å². The molecule has 1 saturated heterocycles. The first-order valence-corrected chi connectivity index (χ1v) is 13.7. The number of carbonyl (C=O) groups is 2. The van der Waals surface area contributed by atoms with Crippen LogP contribution in [0.15, 0.2) is 77.7 Å². The Hall–Kier alpha value is -3.53. The molecule has 1 aliphatic rings. The fourth-order valence-corrected chi connectivity index (χ4v) is 5.54. The van der Waals surface area contributed by atoms with E-state index >= 15 is 0 Å². The number of benzene rings is 3. The number of esters is 1. The van der Waals surface area contributed by atoms with Crippen LogP contribution >= 0.6 is 0 Å². The number of anilines is 1. The van der Waals surface area contributed by atoms with Crippen molar-refractivity contribution in [2.24, 2.45) is 0 Å². The molecule has 194 valence electrons. The Bertz CT molecular complexity index is 1330. The van der Waals surface area contributed by atoms with E-state index in [9.17, 15) is 18.0 Å². The number of rotatable bonds is 8. The first-order valence-electron chi connectivity index (χ1n) is 12.2. The van der Waals surface area contributed by atoms with Crippen LogP contribution in [0.5, 0.6) is 0 Å². The van der Waals surface area contributed by atoms with Gasteiger partial charge in [-0.25, -0.2) is 13.2 Å². The maximum Gasteiger partial charge on any atom is 0.338 e. The van der Waals surface area contributed by atoms with E-state index in [4.69, 9.17) is 4.74 Å². The van der Waals surface area contributed by atoms with Gasteiger partial charge in [-0.3, -0.25) is 9.69 Å². The number of aryl methyl sites for hydroxylation is 1. The third-order valence-electron chi connectivity index (χ3n) is 6.27. The molecule has 8 nitrogen and oxygen atoms in total. The minimum atomic E-state index is -3.49. The summed E-state index contributed by atoms with van der Waals surface area (Å²) >= 11 is 0. The van der Waals surface area contributed by atoms with Crippen molar-refractivity contribution >= 4 is 27.6 Å². The summed E-state index contributed by atoms with van der Waals surface area (Å²) in [4.78, 5) is 26.9. The second kappa shape index (κ2) is 11.7. The number of piperazine rings is 1. The number of carbonyl (C=O) groups excluding carboxylic acids is 2. The Morgan fingerprint density at radius 1 is 0.838 bits per heavy atom. The van der Waals surface area contributed by atoms with Crippen LogP contribution in [0.2, 0.25) is 0 Å². The number of hydrogen-bond donors (Lipinski definition) is 1. The number of ether oxygens (including phenoxy) is 1. The van der Waals surface area contributed by atoms with E-state index in [2.05, 4.69) is 10.2 Å². The summed E-state index contributed by atoms with van der Waals surface area (Å²) in [7, 11) is -3.49. The van der Waals surface area contributed by atoms with Crippen LogP contribution in [-0.2, 0) is 21.3 Å². The standard InChI is InChI=1S/C28H31N3O5S/c1-3-36-28(33)24-10-12-25(13-11-24)29-27(32)23-8-6-22(7-9-23)20-30-16-18-31(19-17-30)37(34,35)26-14-4-21(2)5-15-26/h4-15H,3,16-20H2,1-2H3,(H,29,32). The molecular weight excluding hydrogens is 490 g/mol.